The Balaban J connectivity index is 1.59. The fraction of sp³-hybridized carbons (Fsp3) is 0.429. The van der Waals surface area contributed by atoms with E-state index in [2.05, 4.69) is 62.6 Å². The number of nitrogens with zero attached hydrogens (tertiary/aromatic N) is 1. The predicted octanol–water partition coefficient (Wildman–Crippen LogP) is 4.40. The van der Waals surface area contributed by atoms with Gasteiger partial charge in [-0.3, -0.25) is 0 Å². The van der Waals surface area contributed by atoms with Crippen molar-refractivity contribution < 1.29 is 9.22 Å². The normalized spacial score (nSPS) is 22.6. The highest BCUT2D eigenvalue weighted by Gasteiger charge is 2.34. The van der Waals surface area contributed by atoms with E-state index < -0.39 is 0 Å². The zero-order valence-electron chi connectivity index (χ0n) is 14.2. The molecule has 1 unspecified atom stereocenters. The van der Waals surface area contributed by atoms with E-state index in [4.69, 9.17) is 4.74 Å². The molecule has 2 nitrogen and oxygen atoms in total. The first kappa shape index (κ1) is 14.9. The van der Waals surface area contributed by atoms with Crippen LogP contribution in [0, 0.1) is 0 Å². The number of hydrogen-bond donors (Lipinski definition) is 0. The topological polar surface area (TPSA) is 9.23 Å². The van der Waals surface area contributed by atoms with Crippen molar-refractivity contribution in [2.45, 2.75) is 31.4 Å². The molecule has 1 aliphatic carbocycles. The van der Waals surface area contributed by atoms with Crippen molar-refractivity contribution in [1.82, 2.24) is 0 Å². The van der Waals surface area contributed by atoms with Gasteiger partial charge >= 0.3 is 0 Å². The molecule has 1 saturated heterocycles. The Morgan fingerprint density at radius 1 is 0.913 bits per heavy atom. The first-order chi connectivity index (χ1) is 11.2. The molecule has 23 heavy (non-hydrogen) atoms. The number of quaternary nitrogens is 1. The summed E-state index contributed by atoms with van der Waals surface area (Å²) in [6, 6.07) is 18.0. The van der Waals surface area contributed by atoms with Gasteiger partial charge in [0.2, 0.25) is 0 Å². The van der Waals surface area contributed by atoms with Crippen LogP contribution in [-0.4, -0.2) is 37.8 Å². The second kappa shape index (κ2) is 5.77. The monoisotopic (exact) mass is 308 g/mol. The number of rotatable bonds is 3. The third-order valence-corrected chi connectivity index (χ3v) is 5.74. The molecule has 4 rings (SSSR count). The second-order valence-electron chi connectivity index (χ2n) is 7.54. The number of ether oxygens (including phenoxy) is 1. The number of fused-ring (bicyclic) bond motifs is 3. The van der Waals surface area contributed by atoms with Crippen LogP contribution in [-0.2, 0) is 4.74 Å². The Morgan fingerprint density at radius 3 is 2.13 bits per heavy atom. The Morgan fingerprint density at radius 2 is 1.52 bits per heavy atom. The molecule has 2 aliphatic rings. The molecule has 0 aromatic heterocycles. The molecule has 2 aromatic rings. The average Bonchev–Trinajstić information content (AvgIpc) is 2.88. The van der Waals surface area contributed by atoms with Crippen molar-refractivity contribution in [3.05, 3.63) is 59.7 Å². The van der Waals surface area contributed by atoms with Crippen molar-refractivity contribution in [2.24, 2.45) is 0 Å². The van der Waals surface area contributed by atoms with E-state index in [0.717, 1.165) is 11.1 Å². The maximum absolute atomic E-state index is 6.52. The smallest absolute Gasteiger partial charge is 0.112 e. The molecule has 1 heterocycles. The van der Waals surface area contributed by atoms with Gasteiger partial charge in [0.25, 0.3) is 0 Å². The van der Waals surface area contributed by atoms with E-state index in [-0.39, 0.29) is 6.10 Å². The van der Waals surface area contributed by atoms with E-state index in [0.29, 0.717) is 6.04 Å². The minimum atomic E-state index is 0.101. The van der Waals surface area contributed by atoms with Gasteiger partial charge in [0, 0.05) is 6.42 Å². The lowest BCUT2D eigenvalue weighted by Crippen LogP contribution is -2.54. The molecule has 1 fully saturated rings. The molecule has 120 valence electrons. The lowest BCUT2D eigenvalue weighted by atomic mass is 10.0. The van der Waals surface area contributed by atoms with E-state index in [9.17, 15) is 0 Å². The van der Waals surface area contributed by atoms with Crippen molar-refractivity contribution in [2.75, 3.05) is 27.2 Å². The summed E-state index contributed by atoms with van der Waals surface area (Å²) in [7, 11) is 4.70. The zero-order valence-corrected chi connectivity index (χ0v) is 14.2. The van der Waals surface area contributed by atoms with Crippen molar-refractivity contribution in [3.8, 4) is 11.1 Å². The number of benzene rings is 2. The molecule has 0 spiro atoms. The number of likely N-dealkylation sites (tertiary alicyclic amines) is 1. The quantitative estimate of drug-likeness (QED) is 0.764. The van der Waals surface area contributed by atoms with Gasteiger partial charge in [-0.25, -0.2) is 0 Å². The summed E-state index contributed by atoms with van der Waals surface area (Å²) in [4.78, 5) is 0. The van der Waals surface area contributed by atoms with Gasteiger partial charge in [0.15, 0.2) is 0 Å². The maximum Gasteiger partial charge on any atom is 0.112 e. The van der Waals surface area contributed by atoms with Crippen LogP contribution < -0.4 is 0 Å². The third kappa shape index (κ3) is 2.60. The Bertz CT molecular complexity index is 661. The van der Waals surface area contributed by atoms with Crippen LogP contribution in [0.15, 0.2) is 48.5 Å². The van der Waals surface area contributed by atoms with Gasteiger partial charge in [-0.15, -0.1) is 0 Å². The number of hydrogen-bond acceptors (Lipinski definition) is 1. The zero-order chi connectivity index (χ0) is 15.9. The highest BCUT2D eigenvalue weighted by Crippen LogP contribution is 2.45. The predicted molar refractivity (Wildman–Crippen MR) is 94.3 cm³/mol. The Labute approximate surface area is 139 Å². The lowest BCUT2D eigenvalue weighted by molar-refractivity contribution is -0.920. The van der Waals surface area contributed by atoms with Crippen molar-refractivity contribution in [3.63, 3.8) is 0 Å². The van der Waals surface area contributed by atoms with Gasteiger partial charge in [0.1, 0.15) is 12.1 Å². The minimum Gasteiger partial charge on any atom is -0.363 e. The summed E-state index contributed by atoms with van der Waals surface area (Å²) in [6.07, 6.45) is 4.07. The fourth-order valence-corrected chi connectivity index (χ4v) is 4.21. The Hall–Kier alpha value is -1.64. The standard InChI is InChI=1S/C21H26NO/c1-22(2)14-8-7-9-16(22)15-23-21-19-12-5-3-10-17(19)18-11-4-6-13-20(18)21/h3-6,10-13,16,21H,7-9,14-15H2,1-2H3/q+1. The number of piperidine rings is 1. The summed E-state index contributed by atoms with van der Waals surface area (Å²) < 4.78 is 7.61. The van der Waals surface area contributed by atoms with Crippen molar-refractivity contribution in [1.29, 1.82) is 0 Å². The highest BCUT2D eigenvalue weighted by atomic mass is 16.5. The fourth-order valence-electron chi connectivity index (χ4n) is 4.21. The molecule has 0 amide bonds. The molecule has 2 heteroatoms. The van der Waals surface area contributed by atoms with Crippen LogP contribution in [0.3, 0.4) is 0 Å². The van der Waals surface area contributed by atoms with E-state index in [1.54, 1.807) is 0 Å². The van der Waals surface area contributed by atoms with Crippen LogP contribution >= 0.6 is 0 Å². The van der Waals surface area contributed by atoms with Crippen molar-refractivity contribution >= 4 is 0 Å². The Kier molecular flexibility index (Phi) is 3.74. The van der Waals surface area contributed by atoms with Gasteiger partial charge in [-0.05, 0) is 35.1 Å². The first-order valence-electron chi connectivity index (χ1n) is 8.79. The third-order valence-electron chi connectivity index (χ3n) is 5.74. The molecule has 0 bridgehead atoms. The summed E-state index contributed by atoms with van der Waals surface area (Å²) in [6.45, 7) is 2.12. The SMILES string of the molecule is C[N+]1(C)CCCCC1COC1c2ccccc2-c2ccccc21. The summed E-state index contributed by atoms with van der Waals surface area (Å²) >= 11 is 0. The molecule has 0 N–H and O–H groups in total. The highest BCUT2D eigenvalue weighted by molar-refractivity contribution is 5.77. The van der Waals surface area contributed by atoms with E-state index in [1.165, 1.54) is 48.1 Å². The molecule has 1 atom stereocenters. The largest absolute Gasteiger partial charge is 0.363 e. The van der Waals surface area contributed by atoms with Crippen LogP contribution in [0.4, 0.5) is 0 Å². The second-order valence-corrected chi connectivity index (χ2v) is 7.54. The lowest BCUT2D eigenvalue weighted by Gasteiger charge is -2.41. The minimum absolute atomic E-state index is 0.101. The summed E-state index contributed by atoms with van der Waals surface area (Å²) in [5, 5.41) is 0. The van der Waals surface area contributed by atoms with Crippen LogP contribution in [0.1, 0.15) is 36.5 Å². The number of likely N-dealkylation sites (N-methyl/N-ethyl adjacent to an activating group) is 1. The molecular formula is C21H26NO+. The summed E-state index contributed by atoms with van der Waals surface area (Å²) in [5.41, 5.74) is 5.33. The van der Waals surface area contributed by atoms with E-state index >= 15 is 0 Å². The van der Waals surface area contributed by atoms with Crippen LogP contribution in [0.5, 0.6) is 0 Å². The molecule has 0 radical (unpaired) electrons. The molecule has 2 aromatic carbocycles. The first-order valence-corrected chi connectivity index (χ1v) is 8.79. The van der Waals surface area contributed by atoms with Gasteiger partial charge in [-0.1, -0.05) is 48.5 Å². The maximum atomic E-state index is 6.52. The molecule has 0 saturated carbocycles. The van der Waals surface area contributed by atoms with Gasteiger partial charge in [0.05, 0.1) is 27.2 Å². The summed E-state index contributed by atoms with van der Waals surface area (Å²) in [5.74, 6) is 0. The van der Waals surface area contributed by atoms with Gasteiger partial charge < -0.3 is 9.22 Å². The van der Waals surface area contributed by atoms with Gasteiger partial charge in [-0.2, -0.15) is 0 Å². The van der Waals surface area contributed by atoms with E-state index in [1.807, 2.05) is 0 Å². The average molecular weight is 308 g/mol. The molecular weight excluding hydrogens is 282 g/mol. The van der Waals surface area contributed by atoms with Crippen LogP contribution in [0.25, 0.3) is 11.1 Å². The van der Waals surface area contributed by atoms with Crippen LogP contribution in [0.2, 0.25) is 0 Å². The molecule has 1 aliphatic heterocycles.